The number of hydrogen-bond acceptors (Lipinski definition) is 8. The number of rotatable bonds is 10. The number of hydrogen-bond donors (Lipinski definition) is 2. The van der Waals surface area contributed by atoms with Gasteiger partial charge in [0.25, 0.3) is 17.7 Å². The van der Waals surface area contributed by atoms with Crippen molar-refractivity contribution >= 4 is 28.0 Å². The summed E-state index contributed by atoms with van der Waals surface area (Å²) in [7, 11) is 1.62. The number of pyridine rings is 1. The number of aryl methyl sites for hydroxylation is 1. The summed E-state index contributed by atoms with van der Waals surface area (Å²) in [4.78, 5) is 32.9. The lowest BCUT2D eigenvalue weighted by atomic mass is 10.0. The third kappa shape index (κ3) is 5.74. The van der Waals surface area contributed by atoms with Crippen molar-refractivity contribution in [2.24, 2.45) is 5.73 Å². The average Bonchev–Trinajstić information content (AvgIpc) is 3.64. The van der Waals surface area contributed by atoms with Crippen LogP contribution >= 0.6 is 11.3 Å². The topological polar surface area (TPSA) is 133 Å². The molecule has 212 valence electrons. The monoisotopic (exact) mass is 572 g/mol. The van der Waals surface area contributed by atoms with E-state index >= 15 is 0 Å². The molecule has 4 aromatic rings. The Morgan fingerprint density at radius 2 is 1.95 bits per heavy atom. The Bertz CT molecular complexity index is 1540. The Hall–Kier alpha value is -3.75. The van der Waals surface area contributed by atoms with Gasteiger partial charge >= 0.3 is 0 Å². The Morgan fingerprint density at radius 3 is 2.67 bits per heavy atom. The summed E-state index contributed by atoms with van der Waals surface area (Å²) in [6.45, 7) is 4.30. The highest BCUT2D eigenvalue weighted by Crippen LogP contribution is 2.41. The summed E-state index contributed by atoms with van der Waals surface area (Å²) in [5.74, 6) is -3.52. The number of likely N-dealkylation sites (tertiary alicyclic amines) is 1. The number of primary amides is 1. The number of carbonyl (C=O) groups is 2. The summed E-state index contributed by atoms with van der Waals surface area (Å²) in [5.41, 5.74) is 9.03. The molecule has 0 aromatic carbocycles. The fourth-order valence-electron chi connectivity index (χ4n) is 4.66. The largest absolute Gasteiger partial charge is 0.383 e. The number of methoxy groups -OCH3 is 1. The van der Waals surface area contributed by atoms with Crippen LogP contribution in [0.25, 0.3) is 26.5 Å². The number of amides is 2. The fourth-order valence-corrected chi connectivity index (χ4v) is 5.85. The molecule has 0 atom stereocenters. The molecule has 40 heavy (non-hydrogen) atoms. The van der Waals surface area contributed by atoms with Gasteiger partial charge in [0.1, 0.15) is 4.83 Å². The van der Waals surface area contributed by atoms with Gasteiger partial charge in [-0.1, -0.05) is 0 Å². The number of halogens is 2. The van der Waals surface area contributed by atoms with Crippen LogP contribution in [0.3, 0.4) is 0 Å². The van der Waals surface area contributed by atoms with Gasteiger partial charge in [-0.15, -0.1) is 11.3 Å². The second-order valence-corrected chi connectivity index (χ2v) is 10.7. The van der Waals surface area contributed by atoms with Crippen molar-refractivity contribution in [2.75, 3.05) is 39.9 Å². The Kier molecular flexibility index (Phi) is 7.92. The van der Waals surface area contributed by atoms with Gasteiger partial charge in [-0.05, 0) is 13.0 Å². The van der Waals surface area contributed by atoms with E-state index in [0.717, 1.165) is 10.4 Å². The molecule has 11 nitrogen and oxygen atoms in total. The van der Waals surface area contributed by atoms with Crippen LogP contribution in [0.1, 0.15) is 39.3 Å². The number of aromatic nitrogens is 5. The highest BCUT2D eigenvalue weighted by atomic mass is 32.1. The van der Waals surface area contributed by atoms with Crippen LogP contribution in [0.4, 0.5) is 8.78 Å². The summed E-state index contributed by atoms with van der Waals surface area (Å²) in [6.07, 6.45) is 6.20. The second kappa shape index (κ2) is 11.4. The third-order valence-electron chi connectivity index (χ3n) is 6.94. The predicted molar refractivity (Wildman–Crippen MR) is 146 cm³/mol. The van der Waals surface area contributed by atoms with Crippen molar-refractivity contribution in [3.05, 3.63) is 47.7 Å². The number of thiazole rings is 1. The lowest BCUT2D eigenvalue weighted by molar-refractivity contribution is -0.0547. The highest BCUT2D eigenvalue weighted by molar-refractivity contribution is 7.21. The first-order chi connectivity index (χ1) is 19.2. The van der Waals surface area contributed by atoms with Crippen molar-refractivity contribution in [3.8, 4) is 21.7 Å². The predicted octanol–water partition coefficient (Wildman–Crippen LogP) is 2.84. The molecule has 1 fully saturated rings. The molecule has 0 spiro atoms. The van der Waals surface area contributed by atoms with Gasteiger partial charge in [0.05, 0.1) is 47.2 Å². The molecule has 0 saturated carbocycles. The maximum Gasteiger partial charge on any atom is 0.253 e. The SMILES string of the molecule is COCCn1cc(-c2sc3c(C(N)=O)cnn3c2-c2cc(C(=O)NCCN3CCC(F)(F)CC3)cnc2C)cn1. The van der Waals surface area contributed by atoms with Crippen molar-refractivity contribution in [1.82, 2.24) is 34.6 Å². The van der Waals surface area contributed by atoms with E-state index in [-0.39, 0.29) is 18.7 Å². The smallest absolute Gasteiger partial charge is 0.253 e. The first-order valence-corrected chi connectivity index (χ1v) is 13.7. The van der Waals surface area contributed by atoms with E-state index in [4.69, 9.17) is 10.5 Å². The lowest BCUT2D eigenvalue weighted by Gasteiger charge is -2.31. The standard InChI is InChI=1S/C26H30F2N8O3S/c1-16-19(11-17(12-31-16)24(38)30-5-8-34-6-3-26(27,28)4-7-34)21-22(18-13-32-35(15-18)9-10-39-2)40-25-20(23(29)37)14-33-36(21)25/h11-15H,3-10H2,1-2H3,(H2,29,37)(H,30,38). The molecule has 1 saturated heterocycles. The maximum atomic E-state index is 13.4. The maximum absolute atomic E-state index is 13.4. The molecule has 14 heteroatoms. The highest BCUT2D eigenvalue weighted by Gasteiger charge is 2.33. The van der Waals surface area contributed by atoms with Crippen molar-refractivity contribution in [1.29, 1.82) is 0 Å². The molecule has 2 amide bonds. The average molecular weight is 573 g/mol. The minimum atomic E-state index is -2.61. The summed E-state index contributed by atoms with van der Waals surface area (Å²) in [6, 6.07) is 1.74. The minimum absolute atomic E-state index is 0.167. The number of piperidine rings is 1. The normalized spacial score (nSPS) is 15.5. The van der Waals surface area contributed by atoms with Crippen molar-refractivity contribution in [2.45, 2.75) is 32.2 Å². The number of nitrogens with zero attached hydrogens (tertiary/aromatic N) is 6. The molecule has 1 aliphatic rings. The van der Waals surface area contributed by atoms with Gasteiger partial charge in [0.15, 0.2) is 0 Å². The fraction of sp³-hybridized carbons (Fsp3) is 0.423. The first-order valence-electron chi connectivity index (χ1n) is 12.8. The molecule has 3 N–H and O–H groups in total. The van der Waals surface area contributed by atoms with Gasteiger partial charge < -0.3 is 20.7 Å². The van der Waals surface area contributed by atoms with Gasteiger partial charge in [-0.25, -0.2) is 13.3 Å². The second-order valence-electron chi connectivity index (χ2n) is 9.71. The third-order valence-corrected chi connectivity index (χ3v) is 8.16. The van der Waals surface area contributed by atoms with Crippen molar-refractivity contribution in [3.63, 3.8) is 0 Å². The number of ether oxygens (including phenoxy) is 1. The quantitative estimate of drug-likeness (QED) is 0.299. The first kappa shape index (κ1) is 27.8. The molecule has 0 unspecified atom stereocenters. The van der Waals surface area contributed by atoms with E-state index in [9.17, 15) is 18.4 Å². The molecular weight excluding hydrogens is 542 g/mol. The van der Waals surface area contributed by atoms with E-state index in [2.05, 4.69) is 20.5 Å². The molecular formula is C26H30F2N8O3S. The Morgan fingerprint density at radius 1 is 1.18 bits per heavy atom. The summed E-state index contributed by atoms with van der Waals surface area (Å²) < 4.78 is 35.4. The Balaban J connectivity index is 1.44. The number of nitrogens with two attached hydrogens (primary N) is 1. The van der Waals surface area contributed by atoms with E-state index < -0.39 is 11.8 Å². The number of carbonyl (C=O) groups excluding carboxylic acids is 2. The van der Waals surface area contributed by atoms with Gasteiger partial charge in [-0.2, -0.15) is 10.2 Å². The zero-order valence-electron chi connectivity index (χ0n) is 22.2. The Labute approximate surface area is 232 Å². The van der Waals surface area contributed by atoms with Crippen LogP contribution in [-0.4, -0.2) is 86.9 Å². The zero-order valence-corrected chi connectivity index (χ0v) is 23.0. The van der Waals surface area contributed by atoms with E-state index in [0.29, 0.717) is 72.2 Å². The van der Waals surface area contributed by atoms with Crippen LogP contribution in [0.15, 0.2) is 30.9 Å². The van der Waals surface area contributed by atoms with E-state index in [1.54, 1.807) is 28.6 Å². The molecule has 0 aliphatic carbocycles. The molecule has 0 bridgehead atoms. The van der Waals surface area contributed by atoms with Gasteiger partial charge in [0, 0.05) is 75.3 Å². The van der Waals surface area contributed by atoms with Gasteiger partial charge in [-0.3, -0.25) is 19.3 Å². The number of nitrogens with one attached hydrogen (secondary N) is 1. The van der Waals surface area contributed by atoms with Crippen LogP contribution in [0.2, 0.25) is 0 Å². The van der Waals surface area contributed by atoms with Crippen LogP contribution in [0.5, 0.6) is 0 Å². The van der Waals surface area contributed by atoms with E-state index in [1.807, 2.05) is 18.0 Å². The lowest BCUT2D eigenvalue weighted by Crippen LogP contribution is -2.43. The van der Waals surface area contributed by atoms with Crippen molar-refractivity contribution < 1.29 is 23.1 Å². The number of alkyl halides is 2. The van der Waals surface area contributed by atoms with Crippen LogP contribution < -0.4 is 11.1 Å². The zero-order chi connectivity index (χ0) is 28.4. The molecule has 5 rings (SSSR count). The molecule has 4 aromatic heterocycles. The summed E-state index contributed by atoms with van der Waals surface area (Å²) >= 11 is 1.35. The molecule has 1 aliphatic heterocycles. The summed E-state index contributed by atoms with van der Waals surface area (Å²) in [5, 5.41) is 11.7. The number of fused-ring (bicyclic) bond motifs is 1. The van der Waals surface area contributed by atoms with E-state index in [1.165, 1.54) is 23.7 Å². The van der Waals surface area contributed by atoms with Gasteiger partial charge in [0.2, 0.25) is 0 Å². The van der Waals surface area contributed by atoms with Crippen LogP contribution in [0, 0.1) is 6.92 Å². The molecule has 0 radical (unpaired) electrons. The van der Waals surface area contributed by atoms with Crippen LogP contribution in [-0.2, 0) is 11.3 Å². The minimum Gasteiger partial charge on any atom is -0.383 e. The molecule has 5 heterocycles.